The zero-order valence-corrected chi connectivity index (χ0v) is 16.2. The average molecular weight is 398 g/mol. The van der Waals surface area contributed by atoms with Gasteiger partial charge in [0.25, 0.3) is 5.91 Å². The molecule has 0 radical (unpaired) electrons. The van der Waals surface area contributed by atoms with Crippen LogP contribution in [0.4, 0.5) is 0 Å². The molecule has 1 amide bonds. The van der Waals surface area contributed by atoms with Gasteiger partial charge in [-0.3, -0.25) is 9.78 Å². The zero-order valence-electron chi connectivity index (χ0n) is 14.5. The van der Waals surface area contributed by atoms with Crippen molar-refractivity contribution in [2.75, 3.05) is 19.6 Å². The molecular formula is C19H25Cl2N3O2. The first-order valence-electron chi connectivity index (χ1n) is 8.48. The van der Waals surface area contributed by atoms with Gasteiger partial charge in [-0.1, -0.05) is 0 Å². The topological polar surface area (TPSA) is 63.2 Å². The molecule has 7 heteroatoms. The van der Waals surface area contributed by atoms with E-state index in [4.69, 9.17) is 4.74 Å². The molecule has 142 valence electrons. The summed E-state index contributed by atoms with van der Waals surface area (Å²) in [7, 11) is 0. The van der Waals surface area contributed by atoms with Gasteiger partial charge in [0.05, 0.1) is 6.20 Å². The van der Waals surface area contributed by atoms with E-state index in [-0.39, 0.29) is 30.7 Å². The van der Waals surface area contributed by atoms with E-state index in [9.17, 15) is 4.79 Å². The predicted octanol–water partition coefficient (Wildman–Crippen LogP) is 3.84. The molecule has 1 saturated heterocycles. The first-order chi connectivity index (χ1) is 11.8. The highest BCUT2D eigenvalue weighted by Crippen LogP contribution is 2.20. The number of hydrogen-bond acceptors (Lipinski definition) is 4. The van der Waals surface area contributed by atoms with Gasteiger partial charge >= 0.3 is 0 Å². The van der Waals surface area contributed by atoms with E-state index < -0.39 is 0 Å². The van der Waals surface area contributed by atoms with Gasteiger partial charge in [0.15, 0.2) is 0 Å². The summed E-state index contributed by atoms with van der Waals surface area (Å²) in [6.45, 7) is 2.91. The summed E-state index contributed by atoms with van der Waals surface area (Å²) >= 11 is 0. The van der Waals surface area contributed by atoms with Gasteiger partial charge in [-0.15, -0.1) is 24.8 Å². The molecule has 2 heterocycles. The lowest BCUT2D eigenvalue weighted by molar-refractivity contribution is 0.0950. The number of pyridine rings is 1. The fourth-order valence-electron chi connectivity index (χ4n) is 2.88. The van der Waals surface area contributed by atoms with Crippen LogP contribution in [0.3, 0.4) is 0 Å². The van der Waals surface area contributed by atoms with E-state index in [1.807, 2.05) is 12.1 Å². The van der Waals surface area contributed by atoms with Crippen molar-refractivity contribution < 1.29 is 9.53 Å². The highest BCUT2D eigenvalue weighted by Gasteiger charge is 2.13. The van der Waals surface area contributed by atoms with Crippen LogP contribution >= 0.6 is 24.8 Å². The number of carbonyl (C=O) groups excluding carboxylic acids is 1. The van der Waals surface area contributed by atoms with Crippen LogP contribution in [0.15, 0.2) is 48.8 Å². The van der Waals surface area contributed by atoms with Crippen LogP contribution in [-0.2, 0) is 0 Å². The fraction of sp³-hybridized carbons (Fsp3) is 0.368. The molecule has 5 nitrogen and oxygen atoms in total. The number of piperidine rings is 1. The van der Waals surface area contributed by atoms with Crippen LogP contribution in [0.1, 0.15) is 29.6 Å². The van der Waals surface area contributed by atoms with E-state index >= 15 is 0 Å². The second-order valence-corrected chi connectivity index (χ2v) is 6.07. The summed E-state index contributed by atoms with van der Waals surface area (Å²) in [5.41, 5.74) is 0.648. The SMILES string of the molecule is Cl.Cl.O=C(NCCC1CCCNC1)c1ccc(Oc2cccnc2)cc1. The number of amides is 1. The Labute approximate surface area is 166 Å². The molecule has 1 fully saturated rings. The smallest absolute Gasteiger partial charge is 0.251 e. The van der Waals surface area contributed by atoms with E-state index in [0.29, 0.717) is 23.0 Å². The van der Waals surface area contributed by atoms with Gasteiger partial charge in [0.1, 0.15) is 11.5 Å². The third-order valence-corrected chi connectivity index (χ3v) is 4.22. The summed E-state index contributed by atoms with van der Waals surface area (Å²) in [5, 5.41) is 6.40. The lowest BCUT2D eigenvalue weighted by Crippen LogP contribution is -2.33. The van der Waals surface area contributed by atoms with Crippen LogP contribution in [0.2, 0.25) is 0 Å². The monoisotopic (exact) mass is 397 g/mol. The predicted molar refractivity (Wildman–Crippen MR) is 108 cm³/mol. The standard InChI is InChI=1S/C19H23N3O2.2ClH/c23-19(22-12-9-15-3-1-10-20-13-15)16-5-7-17(8-6-16)24-18-4-2-11-21-14-18;;/h2,4-8,11,14-15,20H,1,3,9-10,12-13H2,(H,22,23);2*1H. The number of hydrogen-bond donors (Lipinski definition) is 2. The van der Waals surface area contributed by atoms with Crippen molar-refractivity contribution in [1.82, 2.24) is 15.6 Å². The molecule has 0 aliphatic carbocycles. The summed E-state index contributed by atoms with van der Waals surface area (Å²) in [6.07, 6.45) is 6.87. The van der Waals surface area contributed by atoms with Gasteiger partial charge < -0.3 is 15.4 Å². The molecule has 2 N–H and O–H groups in total. The number of benzene rings is 1. The number of rotatable bonds is 6. The number of nitrogens with zero attached hydrogens (tertiary/aromatic N) is 1. The first kappa shape index (κ1) is 22.2. The van der Waals surface area contributed by atoms with Crippen molar-refractivity contribution in [2.45, 2.75) is 19.3 Å². The maximum Gasteiger partial charge on any atom is 0.251 e. The number of ether oxygens (including phenoxy) is 1. The molecule has 1 atom stereocenters. The third kappa shape index (κ3) is 6.83. The quantitative estimate of drug-likeness (QED) is 0.776. The number of carbonyl (C=O) groups is 1. The van der Waals surface area contributed by atoms with Crippen molar-refractivity contribution in [3.63, 3.8) is 0 Å². The molecule has 0 saturated carbocycles. The summed E-state index contributed by atoms with van der Waals surface area (Å²) in [5.74, 6) is 2.00. The second-order valence-electron chi connectivity index (χ2n) is 6.07. The molecule has 1 aliphatic rings. The Kier molecular flexibility index (Phi) is 10.0. The minimum absolute atomic E-state index is 0. The van der Waals surface area contributed by atoms with Crippen LogP contribution in [-0.4, -0.2) is 30.5 Å². The minimum Gasteiger partial charge on any atom is -0.456 e. The maximum atomic E-state index is 12.2. The van der Waals surface area contributed by atoms with Gasteiger partial charge in [0.2, 0.25) is 0 Å². The summed E-state index contributed by atoms with van der Waals surface area (Å²) in [4.78, 5) is 16.2. The van der Waals surface area contributed by atoms with E-state index in [1.165, 1.54) is 12.8 Å². The van der Waals surface area contributed by atoms with Crippen LogP contribution in [0.5, 0.6) is 11.5 Å². The van der Waals surface area contributed by atoms with Crippen molar-refractivity contribution in [1.29, 1.82) is 0 Å². The van der Waals surface area contributed by atoms with Gasteiger partial charge in [-0.2, -0.15) is 0 Å². The maximum absolute atomic E-state index is 12.2. The molecule has 1 unspecified atom stereocenters. The number of halogens is 2. The minimum atomic E-state index is -0.0355. The highest BCUT2D eigenvalue weighted by molar-refractivity contribution is 5.94. The number of aromatic nitrogens is 1. The molecule has 3 rings (SSSR count). The molecule has 26 heavy (non-hydrogen) atoms. The Hall–Kier alpha value is -1.82. The highest BCUT2D eigenvalue weighted by atomic mass is 35.5. The first-order valence-corrected chi connectivity index (χ1v) is 8.48. The Bertz CT molecular complexity index is 648. The molecule has 1 aromatic heterocycles. The van der Waals surface area contributed by atoms with Crippen molar-refractivity contribution in [3.8, 4) is 11.5 Å². The molecule has 0 bridgehead atoms. The lowest BCUT2D eigenvalue weighted by atomic mass is 9.96. The van der Waals surface area contributed by atoms with Crippen molar-refractivity contribution in [2.24, 2.45) is 5.92 Å². The van der Waals surface area contributed by atoms with E-state index in [2.05, 4.69) is 15.6 Å². The number of nitrogens with one attached hydrogen (secondary N) is 2. The van der Waals surface area contributed by atoms with Crippen molar-refractivity contribution in [3.05, 3.63) is 54.4 Å². The molecule has 1 aromatic carbocycles. The largest absolute Gasteiger partial charge is 0.456 e. The summed E-state index contributed by atoms with van der Waals surface area (Å²) < 4.78 is 5.67. The molecular weight excluding hydrogens is 373 g/mol. The Morgan fingerprint density at radius 3 is 2.65 bits per heavy atom. The second kappa shape index (κ2) is 11.7. The van der Waals surface area contributed by atoms with Crippen molar-refractivity contribution >= 4 is 30.7 Å². The molecule has 1 aliphatic heterocycles. The average Bonchev–Trinajstić information content (AvgIpc) is 2.64. The third-order valence-electron chi connectivity index (χ3n) is 4.22. The zero-order chi connectivity index (χ0) is 16.6. The van der Waals surface area contributed by atoms with Gasteiger partial charge in [0, 0.05) is 18.3 Å². The van der Waals surface area contributed by atoms with Crippen LogP contribution < -0.4 is 15.4 Å². The fourth-order valence-corrected chi connectivity index (χ4v) is 2.88. The van der Waals surface area contributed by atoms with Crippen LogP contribution in [0.25, 0.3) is 0 Å². The Morgan fingerprint density at radius 2 is 2.00 bits per heavy atom. The van der Waals surface area contributed by atoms with Gasteiger partial charge in [-0.05, 0) is 74.7 Å². The van der Waals surface area contributed by atoms with Crippen LogP contribution in [0, 0.1) is 5.92 Å². The Balaban J connectivity index is 0.00000169. The van der Waals surface area contributed by atoms with Gasteiger partial charge in [-0.25, -0.2) is 0 Å². The lowest BCUT2D eigenvalue weighted by Gasteiger charge is -2.22. The summed E-state index contributed by atoms with van der Waals surface area (Å²) in [6, 6.07) is 10.8. The molecule has 0 spiro atoms. The van der Waals surface area contributed by atoms with E-state index in [0.717, 1.165) is 26.1 Å². The van der Waals surface area contributed by atoms with E-state index in [1.54, 1.807) is 36.7 Å². The molecule has 2 aromatic rings. The normalized spacial score (nSPS) is 15.9. The Morgan fingerprint density at radius 1 is 1.19 bits per heavy atom.